The molecule has 2 aromatic carbocycles. The molecule has 30 heavy (non-hydrogen) atoms. The van der Waals surface area contributed by atoms with Gasteiger partial charge in [-0.15, -0.1) is 0 Å². The summed E-state index contributed by atoms with van der Waals surface area (Å²) in [6, 6.07) is 14.1. The molecular formula is C23H23N5O2. The highest BCUT2D eigenvalue weighted by molar-refractivity contribution is 5.79. The molecule has 1 atom stereocenters. The molecule has 0 amide bonds. The molecule has 0 aliphatic carbocycles. The summed E-state index contributed by atoms with van der Waals surface area (Å²) in [6.07, 6.45) is 5.05. The van der Waals surface area contributed by atoms with Gasteiger partial charge in [-0.1, -0.05) is 18.2 Å². The predicted octanol–water partition coefficient (Wildman–Crippen LogP) is 3.37. The van der Waals surface area contributed by atoms with Crippen molar-refractivity contribution in [2.75, 3.05) is 31.2 Å². The largest absolute Gasteiger partial charge is 0.389 e. The van der Waals surface area contributed by atoms with E-state index in [2.05, 4.69) is 38.1 Å². The lowest BCUT2D eigenvalue weighted by Crippen LogP contribution is -2.37. The van der Waals surface area contributed by atoms with Gasteiger partial charge in [-0.25, -0.2) is 15.0 Å². The van der Waals surface area contributed by atoms with Crippen LogP contribution in [0.25, 0.3) is 27.8 Å². The Kier molecular flexibility index (Phi) is 4.90. The summed E-state index contributed by atoms with van der Waals surface area (Å²) in [5.41, 5.74) is 5.74. The molecule has 1 unspecified atom stereocenters. The number of aliphatic hydroxyl groups is 1. The maximum Gasteiger partial charge on any atom is 0.225 e. The first kappa shape index (κ1) is 18.7. The number of anilines is 1. The van der Waals surface area contributed by atoms with Crippen LogP contribution in [-0.2, 0) is 4.74 Å². The fourth-order valence-electron chi connectivity index (χ4n) is 3.73. The van der Waals surface area contributed by atoms with Crippen LogP contribution in [0, 0.1) is 0 Å². The number of nitrogens with zero attached hydrogens (tertiary/aromatic N) is 5. The van der Waals surface area contributed by atoms with Crippen molar-refractivity contribution in [3.63, 3.8) is 0 Å². The smallest absolute Gasteiger partial charge is 0.225 e. The van der Waals surface area contributed by atoms with Crippen LogP contribution in [0.15, 0.2) is 61.2 Å². The number of imidazole rings is 1. The highest BCUT2D eigenvalue weighted by atomic mass is 16.5. The zero-order valence-corrected chi connectivity index (χ0v) is 16.8. The molecule has 0 spiro atoms. The SMILES string of the molecule is CC(O)c1ccc2c(c1)ncn2-c1cccc(-c2cnc(N3CCOCC3)nc2)c1. The third-order valence-electron chi connectivity index (χ3n) is 5.44. The Hall–Kier alpha value is -3.29. The number of ether oxygens (including phenoxy) is 1. The minimum Gasteiger partial charge on any atom is -0.389 e. The topological polar surface area (TPSA) is 76.3 Å². The van der Waals surface area contributed by atoms with Crippen LogP contribution in [-0.4, -0.2) is 50.9 Å². The molecule has 152 valence electrons. The van der Waals surface area contributed by atoms with E-state index in [9.17, 15) is 5.11 Å². The van der Waals surface area contributed by atoms with E-state index in [0.29, 0.717) is 13.2 Å². The molecule has 1 saturated heterocycles. The van der Waals surface area contributed by atoms with Crippen LogP contribution in [0.2, 0.25) is 0 Å². The Morgan fingerprint density at radius 2 is 1.77 bits per heavy atom. The number of fused-ring (bicyclic) bond motifs is 1. The fraction of sp³-hybridized carbons (Fsp3) is 0.261. The van der Waals surface area contributed by atoms with E-state index in [1.807, 2.05) is 47.6 Å². The van der Waals surface area contributed by atoms with Gasteiger partial charge >= 0.3 is 0 Å². The number of rotatable bonds is 4. The highest BCUT2D eigenvalue weighted by Gasteiger charge is 2.14. The Morgan fingerprint density at radius 1 is 0.967 bits per heavy atom. The standard InChI is InChI=1S/C23H23N5O2/c1-16(29)17-5-6-22-21(12-17)26-15-28(22)20-4-2-3-18(11-20)19-13-24-23(25-14-19)27-7-9-30-10-8-27/h2-6,11-16,29H,7-10H2,1H3. The van der Waals surface area contributed by atoms with Gasteiger partial charge in [0.1, 0.15) is 6.33 Å². The van der Waals surface area contributed by atoms with Crippen molar-refractivity contribution in [1.29, 1.82) is 0 Å². The molecule has 5 rings (SSSR count). The Morgan fingerprint density at radius 3 is 2.53 bits per heavy atom. The zero-order valence-electron chi connectivity index (χ0n) is 16.8. The molecule has 1 aliphatic heterocycles. The molecular weight excluding hydrogens is 378 g/mol. The number of hydrogen-bond donors (Lipinski definition) is 1. The first-order chi connectivity index (χ1) is 14.7. The minimum atomic E-state index is -0.511. The number of aliphatic hydroxyl groups excluding tert-OH is 1. The maximum absolute atomic E-state index is 9.82. The van der Waals surface area contributed by atoms with Crippen LogP contribution >= 0.6 is 0 Å². The Balaban J connectivity index is 1.45. The van der Waals surface area contributed by atoms with Crippen molar-refractivity contribution in [1.82, 2.24) is 19.5 Å². The monoisotopic (exact) mass is 401 g/mol. The highest BCUT2D eigenvalue weighted by Crippen LogP contribution is 2.26. The van der Waals surface area contributed by atoms with Crippen LogP contribution in [0.5, 0.6) is 0 Å². The Bertz CT molecular complexity index is 1160. The molecule has 1 aliphatic rings. The third-order valence-corrected chi connectivity index (χ3v) is 5.44. The van der Waals surface area contributed by atoms with E-state index in [1.165, 1.54) is 0 Å². The third kappa shape index (κ3) is 3.53. The van der Waals surface area contributed by atoms with E-state index in [-0.39, 0.29) is 0 Å². The second-order valence-corrected chi connectivity index (χ2v) is 7.46. The molecule has 0 bridgehead atoms. The van der Waals surface area contributed by atoms with Gasteiger partial charge in [0, 0.05) is 36.7 Å². The average molecular weight is 401 g/mol. The summed E-state index contributed by atoms with van der Waals surface area (Å²) in [4.78, 5) is 15.8. The second-order valence-electron chi connectivity index (χ2n) is 7.46. The van der Waals surface area contributed by atoms with Gasteiger partial charge in [-0.3, -0.25) is 4.57 Å². The van der Waals surface area contributed by atoms with E-state index in [0.717, 1.165) is 52.4 Å². The molecule has 7 nitrogen and oxygen atoms in total. The summed E-state index contributed by atoms with van der Waals surface area (Å²) in [5.74, 6) is 0.743. The van der Waals surface area contributed by atoms with Crippen molar-refractivity contribution in [2.24, 2.45) is 0 Å². The summed E-state index contributed by atoms with van der Waals surface area (Å²) < 4.78 is 7.44. The molecule has 1 fully saturated rings. The maximum atomic E-state index is 9.82. The van der Waals surface area contributed by atoms with E-state index in [4.69, 9.17) is 4.74 Å². The second kappa shape index (κ2) is 7.85. The number of hydrogen-bond acceptors (Lipinski definition) is 6. The van der Waals surface area contributed by atoms with Crippen molar-refractivity contribution in [2.45, 2.75) is 13.0 Å². The summed E-state index contributed by atoms with van der Waals surface area (Å²) >= 11 is 0. The normalized spacial score (nSPS) is 15.5. The van der Waals surface area contributed by atoms with Crippen molar-refractivity contribution in [3.05, 3.63) is 66.7 Å². The van der Waals surface area contributed by atoms with Gasteiger partial charge in [0.2, 0.25) is 5.95 Å². The summed E-state index contributed by atoms with van der Waals surface area (Å²) in [5, 5.41) is 9.82. The van der Waals surface area contributed by atoms with Gasteiger partial charge < -0.3 is 14.7 Å². The minimum absolute atomic E-state index is 0.511. The molecule has 7 heteroatoms. The Labute approximate surface area is 174 Å². The molecule has 0 radical (unpaired) electrons. The summed E-state index contributed by atoms with van der Waals surface area (Å²) in [6.45, 7) is 4.82. The molecule has 4 aromatic rings. The van der Waals surface area contributed by atoms with Gasteiger partial charge in [0.05, 0.1) is 30.4 Å². The molecule has 0 saturated carbocycles. The van der Waals surface area contributed by atoms with Crippen LogP contribution in [0.3, 0.4) is 0 Å². The molecule has 3 heterocycles. The lowest BCUT2D eigenvalue weighted by atomic mass is 10.1. The quantitative estimate of drug-likeness (QED) is 0.565. The molecule has 1 N–H and O–H groups in total. The van der Waals surface area contributed by atoms with Crippen LogP contribution in [0.4, 0.5) is 5.95 Å². The zero-order chi connectivity index (χ0) is 20.5. The lowest BCUT2D eigenvalue weighted by Gasteiger charge is -2.26. The molecule has 2 aromatic heterocycles. The van der Waals surface area contributed by atoms with Crippen molar-refractivity contribution < 1.29 is 9.84 Å². The summed E-state index contributed by atoms with van der Waals surface area (Å²) in [7, 11) is 0. The van der Waals surface area contributed by atoms with Gasteiger partial charge in [-0.2, -0.15) is 0 Å². The van der Waals surface area contributed by atoms with Gasteiger partial charge in [-0.05, 0) is 42.3 Å². The van der Waals surface area contributed by atoms with E-state index < -0.39 is 6.10 Å². The predicted molar refractivity (Wildman–Crippen MR) is 116 cm³/mol. The average Bonchev–Trinajstić information content (AvgIpc) is 3.23. The van der Waals surface area contributed by atoms with E-state index >= 15 is 0 Å². The number of morpholine rings is 1. The van der Waals surface area contributed by atoms with Crippen molar-refractivity contribution >= 4 is 17.0 Å². The number of aromatic nitrogens is 4. The first-order valence-corrected chi connectivity index (χ1v) is 10.1. The number of benzene rings is 2. The lowest BCUT2D eigenvalue weighted by molar-refractivity contribution is 0.122. The van der Waals surface area contributed by atoms with Crippen LogP contribution < -0.4 is 4.90 Å². The first-order valence-electron chi connectivity index (χ1n) is 10.1. The van der Waals surface area contributed by atoms with Crippen molar-refractivity contribution in [3.8, 4) is 16.8 Å². The van der Waals surface area contributed by atoms with Gasteiger partial charge in [0.15, 0.2) is 0 Å². The van der Waals surface area contributed by atoms with Gasteiger partial charge in [0.25, 0.3) is 0 Å². The van der Waals surface area contributed by atoms with Crippen LogP contribution in [0.1, 0.15) is 18.6 Å². The fourth-order valence-corrected chi connectivity index (χ4v) is 3.73. The van der Waals surface area contributed by atoms with E-state index in [1.54, 1.807) is 6.92 Å².